The van der Waals surface area contributed by atoms with Crippen molar-refractivity contribution in [3.8, 4) is 0 Å². The lowest BCUT2D eigenvalue weighted by molar-refractivity contribution is -0.132. The number of nitrogens with zero attached hydrogens (tertiary/aromatic N) is 1. The van der Waals surface area contributed by atoms with Gasteiger partial charge in [-0.2, -0.15) is 0 Å². The van der Waals surface area contributed by atoms with E-state index < -0.39 is 0 Å². The van der Waals surface area contributed by atoms with Crippen LogP contribution in [0, 0.1) is 0 Å². The molecule has 1 amide bonds. The first-order valence-electron chi connectivity index (χ1n) is 5.16. The normalized spacial score (nSPS) is 24.4. The van der Waals surface area contributed by atoms with Crippen molar-refractivity contribution in [2.75, 3.05) is 19.4 Å². The van der Waals surface area contributed by atoms with E-state index in [2.05, 4.69) is 0 Å². The minimum atomic E-state index is -0.0648. The second kappa shape index (κ2) is 5.61. The maximum Gasteiger partial charge on any atom is 0.235 e. The van der Waals surface area contributed by atoms with E-state index in [9.17, 15) is 4.79 Å². The summed E-state index contributed by atoms with van der Waals surface area (Å²) in [5.74, 6) is 1.27. The zero-order valence-corrected chi connectivity index (χ0v) is 9.72. The molecule has 1 aliphatic rings. The molecule has 0 aromatic carbocycles. The lowest BCUT2D eigenvalue weighted by Gasteiger charge is -2.29. The molecule has 0 aromatic heterocycles. The number of rotatable bonds is 3. The Labute approximate surface area is 89.9 Å². The van der Waals surface area contributed by atoms with Gasteiger partial charge in [-0.05, 0) is 25.5 Å². The van der Waals surface area contributed by atoms with Gasteiger partial charge in [-0.25, -0.2) is 0 Å². The number of hydrogen-bond donors (Lipinski definition) is 1. The fourth-order valence-electron chi connectivity index (χ4n) is 1.50. The van der Waals surface area contributed by atoms with Crippen LogP contribution in [0.4, 0.5) is 0 Å². The maximum atomic E-state index is 11.9. The summed E-state index contributed by atoms with van der Waals surface area (Å²) in [6.07, 6.45) is 3.38. The second-order valence-electron chi connectivity index (χ2n) is 3.84. The molecule has 1 saturated heterocycles. The Balaban J connectivity index is 2.46. The fraction of sp³-hybridized carbons (Fsp3) is 0.900. The molecule has 1 rings (SSSR count). The highest BCUT2D eigenvalue weighted by Gasteiger charge is 2.26. The molecule has 0 saturated carbocycles. The summed E-state index contributed by atoms with van der Waals surface area (Å²) < 4.78 is 0. The smallest absolute Gasteiger partial charge is 0.235 e. The van der Waals surface area contributed by atoms with Crippen LogP contribution in [0.5, 0.6) is 0 Å². The molecule has 0 bridgehead atoms. The molecular weight excluding hydrogens is 198 g/mol. The van der Waals surface area contributed by atoms with Crippen LogP contribution >= 0.6 is 11.8 Å². The highest BCUT2D eigenvalue weighted by Crippen LogP contribution is 2.26. The van der Waals surface area contributed by atoms with E-state index in [0.717, 1.165) is 18.6 Å². The van der Waals surface area contributed by atoms with Crippen LogP contribution in [0.1, 0.15) is 26.2 Å². The summed E-state index contributed by atoms with van der Waals surface area (Å²) in [5, 5.41) is 9.08. The van der Waals surface area contributed by atoms with Gasteiger partial charge >= 0.3 is 0 Å². The predicted octanol–water partition coefficient (Wildman–Crippen LogP) is 1.11. The van der Waals surface area contributed by atoms with Gasteiger partial charge in [-0.1, -0.05) is 6.42 Å². The summed E-state index contributed by atoms with van der Waals surface area (Å²) >= 11 is 1.75. The Kier molecular flexibility index (Phi) is 4.75. The first kappa shape index (κ1) is 11.9. The molecule has 0 aromatic rings. The van der Waals surface area contributed by atoms with Crippen molar-refractivity contribution in [1.29, 1.82) is 0 Å². The van der Waals surface area contributed by atoms with E-state index in [1.807, 2.05) is 6.92 Å². The summed E-state index contributed by atoms with van der Waals surface area (Å²) in [5.41, 5.74) is 0. The molecule has 2 atom stereocenters. The van der Waals surface area contributed by atoms with E-state index in [-0.39, 0.29) is 23.8 Å². The van der Waals surface area contributed by atoms with Crippen LogP contribution in [-0.4, -0.2) is 46.6 Å². The number of likely N-dealkylation sites (N-methyl/N-ethyl adjacent to an activating group) is 1. The minimum absolute atomic E-state index is 0.0413. The van der Waals surface area contributed by atoms with Crippen LogP contribution in [0.3, 0.4) is 0 Å². The van der Waals surface area contributed by atoms with Crippen LogP contribution in [-0.2, 0) is 4.79 Å². The van der Waals surface area contributed by atoms with Gasteiger partial charge in [-0.15, -0.1) is 11.8 Å². The molecule has 0 aliphatic carbocycles. The van der Waals surface area contributed by atoms with E-state index in [1.54, 1.807) is 23.7 Å². The molecular formula is C10H19NO2S. The van der Waals surface area contributed by atoms with E-state index in [1.165, 1.54) is 6.42 Å². The monoisotopic (exact) mass is 217 g/mol. The maximum absolute atomic E-state index is 11.9. The summed E-state index contributed by atoms with van der Waals surface area (Å²) in [6, 6.07) is -0.0648. The molecule has 1 aliphatic heterocycles. The van der Waals surface area contributed by atoms with Gasteiger partial charge in [0.2, 0.25) is 5.91 Å². The third-order valence-corrected chi connectivity index (χ3v) is 4.09. The Morgan fingerprint density at radius 2 is 2.36 bits per heavy atom. The molecule has 3 nitrogen and oxygen atoms in total. The molecule has 1 heterocycles. The van der Waals surface area contributed by atoms with Crippen molar-refractivity contribution in [3.05, 3.63) is 0 Å². The molecule has 0 radical (unpaired) electrons. The minimum Gasteiger partial charge on any atom is -0.394 e. The average molecular weight is 217 g/mol. The standard InChI is InChI=1S/C10H19NO2S/c1-8(7-12)11(2)10(13)9-5-3-4-6-14-9/h8-9,12H,3-7H2,1-2H3. The zero-order valence-electron chi connectivity index (χ0n) is 8.90. The van der Waals surface area contributed by atoms with Gasteiger partial charge in [0.1, 0.15) is 0 Å². The quantitative estimate of drug-likeness (QED) is 0.770. The summed E-state index contributed by atoms with van der Waals surface area (Å²) in [6.45, 7) is 1.91. The summed E-state index contributed by atoms with van der Waals surface area (Å²) in [7, 11) is 1.78. The number of carbonyl (C=O) groups is 1. The van der Waals surface area contributed by atoms with Crippen molar-refractivity contribution in [2.45, 2.75) is 37.5 Å². The predicted molar refractivity (Wildman–Crippen MR) is 59.4 cm³/mol. The van der Waals surface area contributed by atoms with Gasteiger partial charge in [0.05, 0.1) is 17.9 Å². The molecule has 82 valence electrons. The summed E-state index contributed by atoms with van der Waals surface area (Å²) in [4.78, 5) is 13.6. The number of hydrogen-bond acceptors (Lipinski definition) is 3. The molecule has 0 spiro atoms. The zero-order chi connectivity index (χ0) is 10.6. The van der Waals surface area contributed by atoms with Crippen molar-refractivity contribution in [3.63, 3.8) is 0 Å². The number of carbonyl (C=O) groups excluding carboxylic acids is 1. The highest BCUT2D eigenvalue weighted by molar-refractivity contribution is 8.00. The Hall–Kier alpha value is -0.220. The number of aliphatic hydroxyl groups excluding tert-OH is 1. The average Bonchev–Trinajstić information content (AvgIpc) is 2.27. The van der Waals surface area contributed by atoms with Gasteiger partial charge in [-0.3, -0.25) is 4.79 Å². The number of amides is 1. The van der Waals surface area contributed by atoms with Crippen LogP contribution in [0.25, 0.3) is 0 Å². The third kappa shape index (κ3) is 2.89. The van der Waals surface area contributed by atoms with Crippen LogP contribution in [0.15, 0.2) is 0 Å². The molecule has 14 heavy (non-hydrogen) atoms. The van der Waals surface area contributed by atoms with E-state index >= 15 is 0 Å². The molecule has 1 fully saturated rings. The highest BCUT2D eigenvalue weighted by atomic mass is 32.2. The molecule has 2 unspecified atom stereocenters. The Bertz CT molecular complexity index is 189. The van der Waals surface area contributed by atoms with Crippen molar-refractivity contribution in [2.24, 2.45) is 0 Å². The lowest BCUT2D eigenvalue weighted by atomic mass is 10.1. The molecule has 4 heteroatoms. The second-order valence-corrected chi connectivity index (χ2v) is 5.15. The number of thioether (sulfide) groups is 1. The van der Waals surface area contributed by atoms with E-state index in [0.29, 0.717) is 0 Å². The first-order valence-corrected chi connectivity index (χ1v) is 6.21. The fourth-order valence-corrected chi connectivity index (χ4v) is 2.80. The van der Waals surface area contributed by atoms with Gasteiger partial charge in [0.15, 0.2) is 0 Å². The molecule has 1 N–H and O–H groups in total. The van der Waals surface area contributed by atoms with Crippen LogP contribution in [0.2, 0.25) is 0 Å². The Morgan fingerprint density at radius 3 is 2.86 bits per heavy atom. The van der Waals surface area contributed by atoms with Gasteiger partial charge < -0.3 is 10.0 Å². The van der Waals surface area contributed by atoms with Crippen molar-refractivity contribution < 1.29 is 9.90 Å². The van der Waals surface area contributed by atoms with Crippen LogP contribution < -0.4 is 0 Å². The van der Waals surface area contributed by atoms with Crippen molar-refractivity contribution >= 4 is 17.7 Å². The first-order chi connectivity index (χ1) is 6.66. The van der Waals surface area contributed by atoms with Gasteiger partial charge in [0, 0.05) is 7.05 Å². The van der Waals surface area contributed by atoms with Gasteiger partial charge in [0.25, 0.3) is 0 Å². The van der Waals surface area contributed by atoms with Crippen molar-refractivity contribution in [1.82, 2.24) is 4.90 Å². The largest absolute Gasteiger partial charge is 0.394 e. The Morgan fingerprint density at radius 1 is 1.64 bits per heavy atom. The lowest BCUT2D eigenvalue weighted by Crippen LogP contribution is -2.42. The third-order valence-electron chi connectivity index (χ3n) is 2.73. The number of aliphatic hydroxyl groups is 1. The van der Waals surface area contributed by atoms with E-state index in [4.69, 9.17) is 5.11 Å². The SMILES string of the molecule is CC(CO)N(C)C(=O)C1CCCCS1. The topological polar surface area (TPSA) is 40.5 Å².